The molecule has 202 valence electrons. The second-order valence-corrected chi connectivity index (χ2v) is 11.9. The molecule has 3 aromatic rings. The minimum Gasteiger partial charge on any atom is -0.354 e. The standard InChI is InChI=1S/C29H34ClN3O4S/c1-21(2)18-31-29(35)23(4)32(19-24-11-7-5-8-12-24)28(34)20-33(27-16-15-25(30)17-22(27)3)38(36,37)26-13-9-6-10-14-26/h5-17,21,23H,18-20H2,1-4H3,(H,31,35)/t23-/m0/s1. The maximum absolute atomic E-state index is 13.9. The van der Waals surface area contributed by atoms with Crippen LogP contribution in [0, 0.1) is 12.8 Å². The average molecular weight is 556 g/mol. The monoisotopic (exact) mass is 555 g/mol. The number of benzene rings is 3. The number of anilines is 1. The fourth-order valence-corrected chi connectivity index (χ4v) is 5.67. The normalized spacial score (nSPS) is 12.2. The Kier molecular flexibility index (Phi) is 9.94. The van der Waals surface area contributed by atoms with Gasteiger partial charge in [-0.15, -0.1) is 0 Å². The van der Waals surface area contributed by atoms with Crippen LogP contribution < -0.4 is 9.62 Å². The first kappa shape index (κ1) is 29.2. The number of rotatable bonds is 11. The van der Waals surface area contributed by atoms with E-state index < -0.39 is 28.5 Å². The van der Waals surface area contributed by atoms with Gasteiger partial charge in [-0.05, 0) is 61.2 Å². The summed E-state index contributed by atoms with van der Waals surface area (Å²) in [6.07, 6.45) is 0. The second kappa shape index (κ2) is 12.9. The molecular formula is C29H34ClN3O4S. The summed E-state index contributed by atoms with van der Waals surface area (Å²) in [6.45, 7) is 7.48. The highest BCUT2D eigenvalue weighted by molar-refractivity contribution is 7.92. The van der Waals surface area contributed by atoms with Gasteiger partial charge in [0.1, 0.15) is 12.6 Å². The summed E-state index contributed by atoms with van der Waals surface area (Å²) in [5.74, 6) is -0.568. The molecule has 0 radical (unpaired) electrons. The van der Waals surface area contributed by atoms with Gasteiger partial charge in [-0.3, -0.25) is 13.9 Å². The number of carbonyl (C=O) groups excluding carboxylic acids is 2. The zero-order chi connectivity index (χ0) is 27.9. The van der Waals surface area contributed by atoms with Crippen LogP contribution in [0.2, 0.25) is 5.02 Å². The number of hydrogen-bond acceptors (Lipinski definition) is 4. The van der Waals surface area contributed by atoms with Gasteiger partial charge in [0, 0.05) is 18.1 Å². The summed E-state index contributed by atoms with van der Waals surface area (Å²) in [5.41, 5.74) is 1.76. The summed E-state index contributed by atoms with van der Waals surface area (Å²) >= 11 is 6.14. The molecule has 0 bridgehead atoms. The van der Waals surface area contributed by atoms with Crippen LogP contribution in [0.25, 0.3) is 0 Å². The lowest BCUT2D eigenvalue weighted by molar-refractivity contribution is -0.139. The number of aryl methyl sites for hydroxylation is 1. The number of amides is 2. The van der Waals surface area contributed by atoms with Crippen molar-refractivity contribution >= 4 is 39.1 Å². The average Bonchev–Trinajstić information content (AvgIpc) is 2.90. The van der Waals surface area contributed by atoms with Gasteiger partial charge in [0.25, 0.3) is 10.0 Å². The lowest BCUT2D eigenvalue weighted by atomic mass is 10.1. The van der Waals surface area contributed by atoms with Crippen molar-refractivity contribution in [2.24, 2.45) is 5.92 Å². The van der Waals surface area contributed by atoms with Crippen LogP contribution in [0.5, 0.6) is 0 Å². The molecule has 0 spiro atoms. The zero-order valence-electron chi connectivity index (χ0n) is 22.1. The van der Waals surface area contributed by atoms with Crippen LogP contribution in [0.3, 0.4) is 0 Å². The second-order valence-electron chi connectivity index (χ2n) is 9.58. The Labute approximate surface area is 230 Å². The van der Waals surface area contributed by atoms with Gasteiger partial charge in [0.15, 0.2) is 0 Å². The van der Waals surface area contributed by atoms with Gasteiger partial charge in [-0.2, -0.15) is 0 Å². The molecular weight excluding hydrogens is 522 g/mol. The van der Waals surface area contributed by atoms with Crippen LogP contribution in [-0.4, -0.2) is 44.3 Å². The van der Waals surface area contributed by atoms with Gasteiger partial charge in [-0.1, -0.05) is 74.0 Å². The highest BCUT2D eigenvalue weighted by atomic mass is 35.5. The lowest BCUT2D eigenvalue weighted by Crippen LogP contribution is -2.51. The van der Waals surface area contributed by atoms with E-state index in [0.29, 0.717) is 22.8 Å². The van der Waals surface area contributed by atoms with Gasteiger partial charge in [0.2, 0.25) is 11.8 Å². The van der Waals surface area contributed by atoms with E-state index in [1.54, 1.807) is 50.2 Å². The third-order valence-corrected chi connectivity index (χ3v) is 8.09. The maximum Gasteiger partial charge on any atom is 0.264 e. The third-order valence-electron chi connectivity index (χ3n) is 6.09. The molecule has 0 saturated heterocycles. The topological polar surface area (TPSA) is 86.8 Å². The molecule has 0 unspecified atom stereocenters. The summed E-state index contributed by atoms with van der Waals surface area (Å²) in [7, 11) is -4.12. The molecule has 0 aliphatic carbocycles. The molecule has 2 amide bonds. The fourth-order valence-electron chi connectivity index (χ4n) is 3.95. The molecule has 3 aromatic carbocycles. The van der Waals surface area contributed by atoms with Crippen molar-refractivity contribution in [1.29, 1.82) is 0 Å². The number of halogens is 1. The third kappa shape index (κ3) is 7.36. The smallest absolute Gasteiger partial charge is 0.264 e. The zero-order valence-corrected chi connectivity index (χ0v) is 23.7. The van der Waals surface area contributed by atoms with E-state index in [1.165, 1.54) is 17.0 Å². The minimum atomic E-state index is -4.12. The predicted molar refractivity (Wildman–Crippen MR) is 151 cm³/mol. The maximum atomic E-state index is 13.9. The number of nitrogens with zero attached hydrogens (tertiary/aromatic N) is 2. The van der Waals surface area contributed by atoms with Crippen molar-refractivity contribution in [2.45, 2.75) is 45.2 Å². The van der Waals surface area contributed by atoms with E-state index in [4.69, 9.17) is 11.6 Å². The van der Waals surface area contributed by atoms with E-state index in [2.05, 4.69) is 5.32 Å². The molecule has 0 fully saturated rings. The Balaban J connectivity index is 2.02. The minimum absolute atomic E-state index is 0.0551. The van der Waals surface area contributed by atoms with Crippen LogP contribution >= 0.6 is 11.6 Å². The van der Waals surface area contributed by atoms with Crippen LogP contribution in [0.1, 0.15) is 31.9 Å². The molecule has 0 aliphatic rings. The van der Waals surface area contributed by atoms with Gasteiger partial charge in [-0.25, -0.2) is 8.42 Å². The lowest BCUT2D eigenvalue weighted by Gasteiger charge is -2.32. The summed E-state index contributed by atoms with van der Waals surface area (Å²) in [5, 5.41) is 3.33. The fraction of sp³-hybridized carbons (Fsp3) is 0.310. The summed E-state index contributed by atoms with van der Waals surface area (Å²) in [4.78, 5) is 28.4. The number of carbonyl (C=O) groups is 2. The van der Waals surface area contributed by atoms with Crippen molar-refractivity contribution in [3.63, 3.8) is 0 Å². The first-order valence-electron chi connectivity index (χ1n) is 12.5. The molecule has 9 heteroatoms. The summed E-state index contributed by atoms with van der Waals surface area (Å²) < 4.78 is 28.7. The molecule has 0 saturated carbocycles. The molecule has 0 aromatic heterocycles. The molecule has 7 nitrogen and oxygen atoms in total. The highest BCUT2D eigenvalue weighted by Crippen LogP contribution is 2.29. The quantitative estimate of drug-likeness (QED) is 0.359. The molecule has 0 aliphatic heterocycles. The van der Waals surface area contributed by atoms with Crippen LogP contribution in [0.15, 0.2) is 83.8 Å². The van der Waals surface area contributed by atoms with Crippen LogP contribution in [-0.2, 0) is 26.2 Å². The molecule has 38 heavy (non-hydrogen) atoms. The first-order valence-corrected chi connectivity index (χ1v) is 14.3. The highest BCUT2D eigenvalue weighted by Gasteiger charge is 2.33. The Hall–Kier alpha value is -3.36. The van der Waals surface area contributed by atoms with E-state index in [1.807, 2.05) is 44.2 Å². The van der Waals surface area contributed by atoms with Gasteiger partial charge in [0.05, 0.1) is 10.6 Å². The van der Waals surface area contributed by atoms with E-state index in [0.717, 1.165) is 9.87 Å². The van der Waals surface area contributed by atoms with Crippen molar-refractivity contribution in [3.8, 4) is 0 Å². The molecule has 0 heterocycles. The predicted octanol–water partition coefficient (Wildman–Crippen LogP) is 5.03. The SMILES string of the molecule is Cc1cc(Cl)ccc1N(CC(=O)N(Cc1ccccc1)[C@@H](C)C(=O)NCC(C)C)S(=O)(=O)c1ccccc1. The molecule has 3 rings (SSSR count). The van der Waals surface area contributed by atoms with E-state index >= 15 is 0 Å². The Morgan fingerprint density at radius 1 is 0.921 bits per heavy atom. The Morgan fingerprint density at radius 3 is 2.11 bits per heavy atom. The van der Waals surface area contributed by atoms with Crippen molar-refractivity contribution < 1.29 is 18.0 Å². The summed E-state index contributed by atoms with van der Waals surface area (Å²) in [6, 6.07) is 21.3. The van der Waals surface area contributed by atoms with Crippen LogP contribution in [0.4, 0.5) is 5.69 Å². The molecule has 1 N–H and O–H groups in total. The number of hydrogen-bond donors (Lipinski definition) is 1. The molecule has 1 atom stereocenters. The Morgan fingerprint density at radius 2 is 1.53 bits per heavy atom. The van der Waals surface area contributed by atoms with Gasteiger partial charge >= 0.3 is 0 Å². The Bertz CT molecular complexity index is 1350. The van der Waals surface area contributed by atoms with Gasteiger partial charge < -0.3 is 10.2 Å². The number of sulfonamides is 1. The first-order chi connectivity index (χ1) is 18.0. The van der Waals surface area contributed by atoms with E-state index in [-0.39, 0.29) is 23.3 Å². The van der Waals surface area contributed by atoms with Crippen molar-refractivity contribution in [2.75, 3.05) is 17.4 Å². The number of nitrogens with one attached hydrogen (secondary N) is 1. The largest absolute Gasteiger partial charge is 0.354 e. The van der Waals surface area contributed by atoms with Crippen molar-refractivity contribution in [1.82, 2.24) is 10.2 Å². The van der Waals surface area contributed by atoms with Crippen molar-refractivity contribution in [3.05, 3.63) is 95.0 Å². The van der Waals surface area contributed by atoms with E-state index in [9.17, 15) is 18.0 Å².